The molecule has 0 N–H and O–H groups in total. The van der Waals surface area contributed by atoms with Crippen molar-refractivity contribution in [3.8, 4) is 11.5 Å². The first-order valence-corrected chi connectivity index (χ1v) is 10.1. The summed E-state index contributed by atoms with van der Waals surface area (Å²) in [5.74, 6) is -0.999. The molecule has 1 aromatic rings. The number of ether oxygens (including phenoxy) is 2. The molecule has 2 aliphatic carbocycles. The molecule has 5 heteroatoms. The van der Waals surface area contributed by atoms with Gasteiger partial charge in [0.15, 0.2) is 11.5 Å². The monoisotopic (exact) mass is 379 g/mol. The molecule has 1 aromatic carbocycles. The van der Waals surface area contributed by atoms with Crippen molar-refractivity contribution in [2.75, 3.05) is 27.8 Å². The van der Waals surface area contributed by atoms with Crippen molar-refractivity contribution in [2.45, 2.75) is 68.7 Å². The summed E-state index contributed by atoms with van der Waals surface area (Å²) in [7, 11) is 5.47. The van der Waals surface area contributed by atoms with Gasteiger partial charge in [-0.1, -0.05) is 6.07 Å². The van der Waals surface area contributed by atoms with Crippen LogP contribution in [-0.4, -0.2) is 44.7 Å². The van der Waals surface area contributed by atoms with Gasteiger partial charge < -0.3 is 14.4 Å². The molecule has 1 heterocycles. The summed E-state index contributed by atoms with van der Waals surface area (Å²) in [6.07, 6.45) is 5.60. The Labute approximate surface area is 161 Å². The van der Waals surface area contributed by atoms with E-state index in [0.717, 1.165) is 50.1 Å². The van der Waals surface area contributed by atoms with Crippen LogP contribution in [0.2, 0.25) is 0 Å². The summed E-state index contributed by atoms with van der Waals surface area (Å²) in [6.45, 7) is 1.02. The lowest BCUT2D eigenvalue weighted by Crippen LogP contribution is -2.51. The number of rotatable bonds is 3. The number of nitrogens with zero attached hydrogens (tertiary/aromatic N) is 1. The maximum Gasteiger partial charge on any atom is 0.248 e. The van der Waals surface area contributed by atoms with E-state index in [1.807, 2.05) is 6.07 Å². The zero-order valence-corrected chi connectivity index (χ0v) is 16.7. The van der Waals surface area contributed by atoms with E-state index in [4.69, 9.17) is 9.47 Å². The van der Waals surface area contributed by atoms with E-state index in [1.54, 1.807) is 14.2 Å². The van der Waals surface area contributed by atoms with Gasteiger partial charge in [-0.3, -0.25) is 0 Å². The lowest BCUT2D eigenvalue weighted by atomic mass is 9.55. The second-order valence-electron chi connectivity index (χ2n) is 9.06. The van der Waals surface area contributed by atoms with E-state index in [2.05, 4.69) is 24.1 Å². The van der Waals surface area contributed by atoms with Crippen LogP contribution in [0.4, 0.5) is 8.78 Å². The Kier molecular flexibility index (Phi) is 4.65. The molecule has 3 nitrogen and oxygen atoms in total. The van der Waals surface area contributed by atoms with Crippen molar-refractivity contribution < 1.29 is 18.3 Å². The summed E-state index contributed by atoms with van der Waals surface area (Å²) in [4.78, 5) is 2.41. The second-order valence-corrected chi connectivity index (χ2v) is 9.06. The van der Waals surface area contributed by atoms with Gasteiger partial charge in [0.1, 0.15) is 0 Å². The van der Waals surface area contributed by atoms with Crippen LogP contribution >= 0.6 is 0 Å². The highest BCUT2D eigenvalue weighted by molar-refractivity contribution is 5.46. The third-order valence-electron chi connectivity index (χ3n) is 7.65. The van der Waals surface area contributed by atoms with Crippen molar-refractivity contribution >= 4 is 0 Å². The smallest absolute Gasteiger partial charge is 0.248 e. The van der Waals surface area contributed by atoms with E-state index in [0.29, 0.717) is 12.5 Å². The van der Waals surface area contributed by atoms with Crippen LogP contribution in [0.1, 0.15) is 56.9 Å². The van der Waals surface area contributed by atoms with Gasteiger partial charge in [-0.2, -0.15) is 0 Å². The fraction of sp³-hybridized carbons (Fsp3) is 0.727. The van der Waals surface area contributed by atoms with Gasteiger partial charge in [0, 0.05) is 24.3 Å². The van der Waals surface area contributed by atoms with Gasteiger partial charge in [-0.05, 0) is 75.2 Å². The predicted molar refractivity (Wildman–Crippen MR) is 102 cm³/mol. The molecule has 0 aromatic heterocycles. The van der Waals surface area contributed by atoms with Crippen molar-refractivity contribution in [1.82, 2.24) is 4.90 Å². The second kappa shape index (κ2) is 6.61. The van der Waals surface area contributed by atoms with Gasteiger partial charge in [0.2, 0.25) is 5.92 Å². The maximum atomic E-state index is 14.2. The predicted octanol–water partition coefficient (Wildman–Crippen LogP) is 5.03. The van der Waals surface area contributed by atoms with Gasteiger partial charge in [0.05, 0.1) is 14.2 Å². The molecule has 3 unspecified atom stereocenters. The van der Waals surface area contributed by atoms with E-state index in [1.165, 1.54) is 5.56 Å². The largest absolute Gasteiger partial charge is 0.493 e. The molecule has 3 fully saturated rings. The van der Waals surface area contributed by atoms with Crippen molar-refractivity contribution in [3.05, 3.63) is 23.8 Å². The molecule has 150 valence electrons. The Morgan fingerprint density at radius 2 is 1.78 bits per heavy atom. The fourth-order valence-corrected chi connectivity index (χ4v) is 6.23. The highest BCUT2D eigenvalue weighted by Crippen LogP contribution is 2.60. The van der Waals surface area contributed by atoms with Crippen molar-refractivity contribution in [1.29, 1.82) is 0 Å². The summed E-state index contributed by atoms with van der Waals surface area (Å²) < 4.78 is 39.4. The average molecular weight is 379 g/mol. The van der Waals surface area contributed by atoms with Gasteiger partial charge in [-0.25, -0.2) is 8.78 Å². The molecule has 1 saturated heterocycles. The fourth-order valence-electron chi connectivity index (χ4n) is 6.23. The third kappa shape index (κ3) is 3.12. The number of alkyl halides is 2. The van der Waals surface area contributed by atoms with Crippen LogP contribution in [-0.2, 0) is 5.41 Å². The molecule has 27 heavy (non-hydrogen) atoms. The van der Waals surface area contributed by atoms with Crippen molar-refractivity contribution in [3.63, 3.8) is 0 Å². The Bertz CT molecular complexity index is 710. The number of likely N-dealkylation sites (N-methyl/N-ethyl adjacent to an activating group) is 1. The summed E-state index contributed by atoms with van der Waals surface area (Å²) in [5, 5.41) is 0. The molecule has 1 spiro atoms. The van der Waals surface area contributed by atoms with Gasteiger partial charge >= 0.3 is 0 Å². The average Bonchev–Trinajstić information content (AvgIpc) is 2.97. The molecule has 0 radical (unpaired) electrons. The molecule has 3 atom stereocenters. The molecule has 2 saturated carbocycles. The topological polar surface area (TPSA) is 21.7 Å². The molecule has 0 bridgehead atoms. The zero-order chi connectivity index (χ0) is 19.3. The number of halogens is 2. The summed E-state index contributed by atoms with van der Waals surface area (Å²) in [6, 6.07) is 6.56. The Morgan fingerprint density at radius 3 is 2.48 bits per heavy atom. The SMILES string of the molecule is COc1ccc(C23CCN(C)C2CC2(CCCC(F)(F)C2)CC3)cc1OC. The first-order valence-electron chi connectivity index (χ1n) is 10.1. The van der Waals surface area contributed by atoms with E-state index >= 15 is 0 Å². The molecule has 0 amide bonds. The Balaban J connectivity index is 1.67. The van der Waals surface area contributed by atoms with Crippen LogP contribution in [0, 0.1) is 5.41 Å². The molecular formula is C22H31F2NO2. The highest BCUT2D eigenvalue weighted by atomic mass is 19.3. The molecule has 3 aliphatic rings. The number of methoxy groups -OCH3 is 2. The lowest BCUT2D eigenvalue weighted by molar-refractivity contribution is -0.104. The minimum atomic E-state index is -2.49. The highest BCUT2D eigenvalue weighted by Gasteiger charge is 2.57. The standard InChI is InChI=1S/C22H31F2NO2/c1-25-12-11-21(16-5-6-17(26-2)18(13-16)27-3)10-9-20(14-19(21)25)7-4-8-22(23,24)15-20/h5-6,13,19H,4,7-12,14-15H2,1-3H3. The third-order valence-corrected chi connectivity index (χ3v) is 7.65. The Morgan fingerprint density at radius 1 is 1.00 bits per heavy atom. The van der Waals surface area contributed by atoms with Crippen LogP contribution in [0.15, 0.2) is 18.2 Å². The molecule has 4 rings (SSSR count). The maximum absolute atomic E-state index is 14.2. The van der Waals surface area contributed by atoms with Gasteiger partial charge in [-0.15, -0.1) is 0 Å². The van der Waals surface area contributed by atoms with Crippen molar-refractivity contribution in [2.24, 2.45) is 5.41 Å². The van der Waals surface area contributed by atoms with Crippen LogP contribution in [0.5, 0.6) is 11.5 Å². The quantitative estimate of drug-likeness (QED) is 0.736. The minimum absolute atomic E-state index is 0.0340. The normalized spacial score (nSPS) is 35.8. The van der Waals surface area contributed by atoms with Crippen LogP contribution in [0.25, 0.3) is 0 Å². The molecular weight excluding hydrogens is 348 g/mol. The van der Waals surface area contributed by atoms with E-state index in [-0.39, 0.29) is 23.7 Å². The van der Waals surface area contributed by atoms with Crippen LogP contribution < -0.4 is 9.47 Å². The first-order chi connectivity index (χ1) is 12.8. The minimum Gasteiger partial charge on any atom is -0.493 e. The summed E-state index contributed by atoms with van der Waals surface area (Å²) in [5.41, 5.74) is 1.11. The van der Waals surface area contributed by atoms with Crippen LogP contribution in [0.3, 0.4) is 0 Å². The van der Waals surface area contributed by atoms with E-state index < -0.39 is 5.92 Å². The lowest BCUT2D eigenvalue weighted by Gasteiger charge is -2.53. The van der Waals surface area contributed by atoms with Gasteiger partial charge in [0.25, 0.3) is 0 Å². The number of likely N-dealkylation sites (tertiary alicyclic amines) is 1. The molecule has 1 aliphatic heterocycles. The number of benzene rings is 1. The van der Waals surface area contributed by atoms with E-state index in [9.17, 15) is 8.78 Å². The zero-order valence-electron chi connectivity index (χ0n) is 16.7. The Hall–Kier alpha value is -1.36. The number of hydrogen-bond donors (Lipinski definition) is 0. The first kappa shape index (κ1) is 19.0. The number of fused-ring (bicyclic) bond motifs is 1. The summed E-state index contributed by atoms with van der Waals surface area (Å²) >= 11 is 0. The number of hydrogen-bond acceptors (Lipinski definition) is 3.